The molecule has 3 N–H and O–H groups in total. The van der Waals surface area contributed by atoms with Gasteiger partial charge in [-0.3, -0.25) is 14.6 Å². The number of hydrogen-bond donors (Lipinski definition) is 3. The van der Waals surface area contributed by atoms with E-state index < -0.39 is 12.0 Å². The predicted molar refractivity (Wildman–Crippen MR) is 145 cm³/mol. The zero-order valence-corrected chi connectivity index (χ0v) is 21.1. The molecule has 0 radical (unpaired) electrons. The largest absolute Gasteiger partial charge is 0.325 e. The molecule has 2 atom stereocenters. The van der Waals surface area contributed by atoms with Crippen LogP contribution in [0.15, 0.2) is 55.1 Å². The Kier molecular flexibility index (Phi) is 5.53. The second-order valence-electron chi connectivity index (χ2n) is 10.1. The lowest BCUT2D eigenvalue weighted by molar-refractivity contribution is -0.117. The Bertz CT molecular complexity index is 1660. The topological polar surface area (TPSA) is 134 Å². The maximum Gasteiger partial charge on any atom is 0.247 e. The number of H-pyrrole nitrogens is 1. The van der Waals surface area contributed by atoms with Gasteiger partial charge in [-0.2, -0.15) is 19.6 Å². The number of carbonyl (C=O) groups excluding carboxylic acids is 1. The van der Waals surface area contributed by atoms with E-state index in [0.717, 1.165) is 16.7 Å². The van der Waals surface area contributed by atoms with Crippen molar-refractivity contribution in [3.05, 3.63) is 66.8 Å². The second-order valence-corrected chi connectivity index (χ2v) is 10.1. The number of hydrogen-bond acceptors (Lipinski definition) is 8. The van der Waals surface area contributed by atoms with Gasteiger partial charge in [-0.05, 0) is 37.1 Å². The molecule has 5 aromatic rings. The summed E-state index contributed by atoms with van der Waals surface area (Å²) in [6.07, 6.45) is 9.73. The summed E-state index contributed by atoms with van der Waals surface area (Å²) < 4.78 is 16.9. The molecule has 5 aromatic heterocycles. The van der Waals surface area contributed by atoms with Crippen LogP contribution >= 0.6 is 0 Å². The number of amides is 1. The van der Waals surface area contributed by atoms with E-state index in [4.69, 9.17) is 10.1 Å². The summed E-state index contributed by atoms with van der Waals surface area (Å²) in [6, 6.07) is 7.85. The van der Waals surface area contributed by atoms with Gasteiger partial charge in [0, 0.05) is 49.2 Å². The second kappa shape index (κ2) is 9.22. The molecule has 0 unspecified atom stereocenters. The molecule has 0 aromatic carbocycles. The predicted octanol–water partition coefficient (Wildman–Crippen LogP) is 1.52. The molecule has 196 valence electrons. The van der Waals surface area contributed by atoms with E-state index in [1.54, 1.807) is 10.7 Å². The van der Waals surface area contributed by atoms with Gasteiger partial charge < -0.3 is 15.5 Å². The molecule has 39 heavy (non-hydrogen) atoms. The highest BCUT2D eigenvalue weighted by Crippen LogP contribution is 2.40. The van der Waals surface area contributed by atoms with Crippen LogP contribution in [0.4, 0.5) is 27.7 Å². The van der Waals surface area contributed by atoms with Crippen molar-refractivity contribution < 1.29 is 9.18 Å². The summed E-state index contributed by atoms with van der Waals surface area (Å²) in [5.41, 5.74) is 3.34. The van der Waals surface area contributed by atoms with Crippen molar-refractivity contribution in [1.29, 1.82) is 0 Å². The molecular formula is C25H25BFN11O. The van der Waals surface area contributed by atoms with Crippen LogP contribution < -0.4 is 21.0 Å². The number of aromatic nitrogens is 8. The third-order valence-electron chi connectivity index (χ3n) is 7.18. The lowest BCUT2D eigenvalue weighted by Crippen LogP contribution is -2.41. The number of rotatable bonds is 7. The van der Waals surface area contributed by atoms with Crippen LogP contribution in [-0.2, 0) is 4.79 Å². The smallest absolute Gasteiger partial charge is 0.247 e. The van der Waals surface area contributed by atoms with Crippen molar-refractivity contribution in [2.24, 2.45) is 0 Å². The normalized spacial score (nSPS) is 19.1. The SMILES string of the molecule is Bc1cnn([C@H]2C[C@@H](C(=O)Nc3ccc(F)nc3)N(c3nc(Nc4cc(C5CC5)[nH]n4)c4cccn4n3)C2)c1. The maximum absolute atomic E-state index is 13.5. The van der Waals surface area contributed by atoms with Gasteiger partial charge >= 0.3 is 0 Å². The first kappa shape index (κ1) is 23.4. The van der Waals surface area contributed by atoms with Crippen molar-refractivity contribution in [1.82, 2.24) is 39.6 Å². The molecule has 2 fully saturated rings. The molecule has 1 saturated carbocycles. The monoisotopic (exact) mass is 525 g/mol. The van der Waals surface area contributed by atoms with Crippen LogP contribution in [0.5, 0.6) is 0 Å². The van der Waals surface area contributed by atoms with Gasteiger partial charge in [-0.15, -0.1) is 5.10 Å². The molecule has 12 nitrogen and oxygen atoms in total. The van der Waals surface area contributed by atoms with Crippen LogP contribution in [0.2, 0.25) is 0 Å². The standard InChI is InChI=1S/C25H25BFN11O/c26-15-10-29-38(12-15)17-8-20(24(39)30-16-5-6-21(27)28-11-16)36(13-17)25-32-23(19-2-1-7-37(19)35-25)31-22-9-18(33-34-22)14-3-4-14/h1-2,5-7,9-12,14,17,20H,3-4,8,13,26H2,(H,30,39)(H2,31,32,33,34,35)/t17-,20-/m0/s1. The Hall–Kier alpha value is -4.75. The molecule has 1 aliphatic carbocycles. The highest BCUT2D eigenvalue weighted by molar-refractivity contribution is 6.31. The van der Waals surface area contributed by atoms with Crippen molar-refractivity contribution in [2.75, 3.05) is 22.1 Å². The summed E-state index contributed by atoms with van der Waals surface area (Å²) >= 11 is 0. The van der Waals surface area contributed by atoms with Gasteiger partial charge in [0.05, 0.1) is 17.9 Å². The number of anilines is 4. The third kappa shape index (κ3) is 4.58. The average Bonchev–Trinajstić information content (AvgIpc) is 3.33. The first-order chi connectivity index (χ1) is 19.0. The minimum atomic E-state index is -0.612. The Morgan fingerprint density at radius 2 is 2.10 bits per heavy atom. The fourth-order valence-electron chi connectivity index (χ4n) is 5.05. The van der Waals surface area contributed by atoms with E-state index in [1.165, 1.54) is 31.2 Å². The minimum absolute atomic E-state index is 0.0754. The lowest BCUT2D eigenvalue weighted by atomic mass is 10.0. The summed E-state index contributed by atoms with van der Waals surface area (Å²) in [4.78, 5) is 23.9. The van der Waals surface area contributed by atoms with Gasteiger partial charge in [0.2, 0.25) is 17.8 Å². The molecule has 6 heterocycles. The molecule has 7 rings (SSSR count). The molecule has 1 saturated heterocycles. The van der Waals surface area contributed by atoms with E-state index >= 15 is 0 Å². The van der Waals surface area contributed by atoms with Crippen molar-refractivity contribution >= 4 is 48.0 Å². The van der Waals surface area contributed by atoms with Crippen LogP contribution in [0.3, 0.4) is 0 Å². The quantitative estimate of drug-likeness (QED) is 0.215. The number of halogens is 1. The fraction of sp³-hybridized carbons (Fsp3) is 0.280. The molecule has 0 bridgehead atoms. The van der Waals surface area contributed by atoms with Crippen LogP contribution in [0.25, 0.3) is 5.52 Å². The van der Waals surface area contributed by atoms with Gasteiger partial charge in [-0.25, -0.2) is 9.50 Å². The lowest BCUT2D eigenvalue weighted by Gasteiger charge is -2.24. The van der Waals surface area contributed by atoms with E-state index in [9.17, 15) is 9.18 Å². The van der Waals surface area contributed by atoms with Crippen molar-refractivity contribution in [3.63, 3.8) is 0 Å². The van der Waals surface area contributed by atoms with Crippen LogP contribution in [0.1, 0.15) is 36.9 Å². The number of carbonyl (C=O) groups is 1. The first-order valence-electron chi connectivity index (χ1n) is 12.9. The Labute approximate surface area is 223 Å². The van der Waals surface area contributed by atoms with E-state index in [2.05, 4.69) is 30.9 Å². The number of aromatic amines is 1. The van der Waals surface area contributed by atoms with E-state index in [1.807, 2.05) is 48.0 Å². The number of fused-ring (bicyclic) bond motifs is 1. The van der Waals surface area contributed by atoms with Gasteiger partial charge in [-0.1, -0.05) is 5.46 Å². The first-order valence-corrected chi connectivity index (χ1v) is 12.9. The highest BCUT2D eigenvalue weighted by atomic mass is 19.1. The van der Waals surface area contributed by atoms with E-state index in [0.29, 0.717) is 42.2 Å². The molecule has 1 amide bonds. The maximum atomic E-state index is 13.5. The number of pyridine rings is 1. The van der Waals surface area contributed by atoms with Crippen LogP contribution in [0, 0.1) is 5.95 Å². The van der Waals surface area contributed by atoms with E-state index in [-0.39, 0.29) is 11.9 Å². The third-order valence-corrected chi connectivity index (χ3v) is 7.18. The Morgan fingerprint density at radius 1 is 1.21 bits per heavy atom. The minimum Gasteiger partial charge on any atom is -0.325 e. The summed E-state index contributed by atoms with van der Waals surface area (Å²) in [5, 5.41) is 22.9. The number of nitrogens with one attached hydrogen (secondary N) is 3. The Balaban J connectivity index is 1.23. The molecule has 14 heteroatoms. The molecule has 1 aliphatic heterocycles. The number of nitrogens with zero attached hydrogens (tertiary/aromatic N) is 8. The highest BCUT2D eigenvalue weighted by Gasteiger charge is 2.40. The van der Waals surface area contributed by atoms with Crippen molar-refractivity contribution in [3.8, 4) is 0 Å². The summed E-state index contributed by atoms with van der Waals surface area (Å²) in [6.45, 7) is 0.474. The summed E-state index contributed by atoms with van der Waals surface area (Å²) in [7, 11) is 1.98. The summed E-state index contributed by atoms with van der Waals surface area (Å²) in [5.74, 6) is 1.32. The van der Waals surface area contributed by atoms with Gasteiger partial charge in [0.25, 0.3) is 0 Å². The van der Waals surface area contributed by atoms with Gasteiger partial charge in [0.15, 0.2) is 11.6 Å². The molecule has 2 aliphatic rings. The fourth-order valence-corrected chi connectivity index (χ4v) is 5.05. The van der Waals surface area contributed by atoms with Gasteiger partial charge in [0.1, 0.15) is 19.4 Å². The molecular weight excluding hydrogens is 500 g/mol. The zero-order valence-electron chi connectivity index (χ0n) is 21.1. The average molecular weight is 525 g/mol. The molecule has 0 spiro atoms. The van der Waals surface area contributed by atoms with Crippen LogP contribution in [-0.4, -0.2) is 65.9 Å². The van der Waals surface area contributed by atoms with Crippen molar-refractivity contribution in [2.45, 2.75) is 37.3 Å². The Morgan fingerprint density at radius 3 is 2.87 bits per heavy atom. The zero-order chi connectivity index (χ0) is 26.5.